The largest absolute Gasteiger partial charge is 0.356 e. The smallest absolute Gasteiger partial charge is 0.160 e. The van der Waals surface area contributed by atoms with Crippen molar-refractivity contribution in [1.29, 1.82) is 0 Å². The van der Waals surface area contributed by atoms with Crippen molar-refractivity contribution in [2.45, 2.75) is 0 Å². The standard InChI is InChI=1S/C17H13NO/c1-3-7-14(8-4-1)11-12-16-13-17(18-19-16)15-9-5-2-6-10-15/h1-13H. The summed E-state index contributed by atoms with van der Waals surface area (Å²) in [6, 6.07) is 22.0. The van der Waals surface area contributed by atoms with Gasteiger partial charge in [-0.15, -0.1) is 0 Å². The van der Waals surface area contributed by atoms with E-state index in [2.05, 4.69) is 5.16 Å². The van der Waals surface area contributed by atoms with Gasteiger partial charge >= 0.3 is 0 Å². The maximum absolute atomic E-state index is 5.30. The predicted molar refractivity (Wildman–Crippen MR) is 77.3 cm³/mol. The highest BCUT2D eigenvalue weighted by atomic mass is 16.5. The van der Waals surface area contributed by atoms with Crippen LogP contribution in [-0.2, 0) is 0 Å². The summed E-state index contributed by atoms with van der Waals surface area (Å²) >= 11 is 0. The fourth-order valence-corrected chi connectivity index (χ4v) is 1.86. The van der Waals surface area contributed by atoms with E-state index < -0.39 is 0 Å². The number of hydrogen-bond donors (Lipinski definition) is 0. The van der Waals surface area contributed by atoms with Crippen LogP contribution >= 0.6 is 0 Å². The fraction of sp³-hybridized carbons (Fsp3) is 0. The van der Waals surface area contributed by atoms with Gasteiger partial charge in [-0.2, -0.15) is 0 Å². The molecule has 2 aromatic carbocycles. The van der Waals surface area contributed by atoms with Crippen LogP contribution in [-0.4, -0.2) is 5.16 Å². The van der Waals surface area contributed by atoms with E-state index in [-0.39, 0.29) is 0 Å². The maximum atomic E-state index is 5.30. The number of benzene rings is 2. The molecule has 3 aromatic rings. The van der Waals surface area contributed by atoms with Crippen molar-refractivity contribution < 1.29 is 4.52 Å². The van der Waals surface area contributed by atoms with Gasteiger partial charge in [0.15, 0.2) is 5.76 Å². The second kappa shape index (κ2) is 5.36. The Morgan fingerprint density at radius 3 is 2.21 bits per heavy atom. The maximum Gasteiger partial charge on any atom is 0.160 e. The van der Waals surface area contributed by atoms with Gasteiger partial charge < -0.3 is 4.52 Å². The van der Waals surface area contributed by atoms with E-state index in [1.165, 1.54) is 0 Å². The lowest BCUT2D eigenvalue weighted by Gasteiger charge is -1.91. The van der Waals surface area contributed by atoms with Gasteiger partial charge in [0.2, 0.25) is 0 Å². The van der Waals surface area contributed by atoms with E-state index in [1.54, 1.807) is 0 Å². The van der Waals surface area contributed by atoms with Crippen LogP contribution in [0.4, 0.5) is 0 Å². The lowest BCUT2D eigenvalue weighted by atomic mass is 10.1. The van der Waals surface area contributed by atoms with Gasteiger partial charge in [-0.1, -0.05) is 71.9 Å². The molecule has 0 fully saturated rings. The Morgan fingerprint density at radius 1 is 0.789 bits per heavy atom. The molecule has 92 valence electrons. The van der Waals surface area contributed by atoms with Crippen LogP contribution in [0.1, 0.15) is 11.3 Å². The van der Waals surface area contributed by atoms with E-state index in [0.717, 1.165) is 22.6 Å². The summed E-state index contributed by atoms with van der Waals surface area (Å²) in [7, 11) is 0. The van der Waals surface area contributed by atoms with E-state index >= 15 is 0 Å². The van der Waals surface area contributed by atoms with E-state index in [0.29, 0.717) is 0 Å². The average molecular weight is 247 g/mol. The summed E-state index contributed by atoms with van der Waals surface area (Å²) in [5.41, 5.74) is 3.05. The third-order valence-corrected chi connectivity index (χ3v) is 2.84. The van der Waals surface area contributed by atoms with Gasteiger partial charge in [-0.3, -0.25) is 0 Å². The quantitative estimate of drug-likeness (QED) is 0.680. The molecular formula is C17H13NO. The molecule has 0 aliphatic heterocycles. The van der Waals surface area contributed by atoms with Crippen LogP contribution in [0.3, 0.4) is 0 Å². The van der Waals surface area contributed by atoms with E-state index in [1.807, 2.05) is 78.9 Å². The van der Waals surface area contributed by atoms with Crippen LogP contribution in [0.2, 0.25) is 0 Å². The van der Waals surface area contributed by atoms with Gasteiger partial charge in [0.05, 0.1) is 0 Å². The second-order valence-corrected chi connectivity index (χ2v) is 4.22. The zero-order valence-corrected chi connectivity index (χ0v) is 10.4. The summed E-state index contributed by atoms with van der Waals surface area (Å²) in [6.45, 7) is 0. The van der Waals surface area contributed by atoms with E-state index in [4.69, 9.17) is 4.52 Å². The van der Waals surface area contributed by atoms with Gasteiger partial charge in [-0.25, -0.2) is 0 Å². The molecular weight excluding hydrogens is 234 g/mol. The van der Waals surface area contributed by atoms with Gasteiger partial charge in [0.1, 0.15) is 5.69 Å². The molecule has 0 aliphatic rings. The molecule has 2 nitrogen and oxygen atoms in total. The Hall–Kier alpha value is -2.61. The van der Waals surface area contributed by atoms with Crippen LogP contribution in [0, 0.1) is 0 Å². The fourth-order valence-electron chi connectivity index (χ4n) is 1.86. The van der Waals surface area contributed by atoms with Crippen molar-refractivity contribution in [1.82, 2.24) is 5.16 Å². The molecule has 0 N–H and O–H groups in total. The lowest BCUT2D eigenvalue weighted by Crippen LogP contribution is -1.73. The zero-order chi connectivity index (χ0) is 12.9. The molecule has 19 heavy (non-hydrogen) atoms. The van der Waals surface area contributed by atoms with Crippen molar-refractivity contribution in [3.8, 4) is 11.3 Å². The molecule has 0 bridgehead atoms. The Labute approximate surface area is 112 Å². The Bertz CT molecular complexity index is 669. The van der Waals surface area contributed by atoms with Crippen molar-refractivity contribution in [2.75, 3.05) is 0 Å². The highest BCUT2D eigenvalue weighted by Crippen LogP contribution is 2.19. The summed E-state index contributed by atoms with van der Waals surface area (Å²) in [5, 5.41) is 4.07. The molecule has 3 rings (SSSR count). The number of aromatic nitrogens is 1. The number of nitrogens with zero attached hydrogens (tertiary/aromatic N) is 1. The molecule has 0 radical (unpaired) electrons. The SMILES string of the molecule is C(=Cc1cc(-c2ccccc2)no1)c1ccccc1. The van der Waals surface area contributed by atoms with Crippen molar-refractivity contribution >= 4 is 12.2 Å². The van der Waals surface area contributed by atoms with Crippen LogP contribution < -0.4 is 0 Å². The summed E-state index contributed by atoms with van der Waals surface area (Å²) in [5.74, 6) is 0.753. The molecule has 0 saturated carbocycles. The van der Waals surface area contributed by atoms with Crippen LogP contribution in [0.25, 0.3) is 23.4 Å². The van der Waals surface area contributed by atoms with Crippen LogP contribution in [0.15, 0.2) is 71.3 Å². The second-order valence-electron chi connectivity index (χ2n) is 4.22. The first-order chi connectivity index (χ1) is 9.42. The highest BCUT2D eigenvalue weighted by molar-refractivity contribution is 5.69. The van der Waals surface area contributed by atoms with Crippen molar-refractivity contribution in [3.63, 3.8) is 0 Å². The monoisotopic (exact) mass is 247 g/mol. The minimum atomic E-state index is 0.753. The molecule has 0 aliphatic carbocycles. The normalized spacial score (nSPS) is 10.9. The molecule has 0 saturated heterocycles. The van der Waals surface area contributed by atoms with Gasteiger partial charge in [0, 0.05) is 11.6 Å². The Balaban J connectivity index is 1.81. The average Bonchev–Trinajstić information content (AvgIpc) is 2.96. The molecule has 1 aromatic heterocycles. The molecule has 2 heteroatoms. The Kier molecular flexibility index (Phi) is 3.24. The molecule has 1 heterocycles. The molecule has 0 unspecified atom stereocenters. The topological polar surface area (TPSA) is 26.0 Å². The lowest BCUT2D eigenvalue weighted by molar-refractivity contribution is 0.415. The minimum Gasteiger partial charge on any atom is -0.356 e. The Morgan fingerprint density at radius 2 is 1.47 bits per heavy atom. The van der Waals surface area contributed by atoms with Crippen molar-refractivity contribution in [3.05, 3.63) is 78.1 Å². The number of hydrogen-bond acceptors (Lipinski definition) is 2. The first kappa shape index (κ1) is 11.5. The highest BCUT2D eigenvalue weighted by Gasteiger charge is 2.03. The number of rotatable bonds is 3. The minimum absolute atomic E-state index is 0.753. The summed E-state index contributed by atoms with van der Waals surface area (Å²) in [6.07, 6.45) is 3.93. The third kappa shape index (κ3) is 2.80. The van der Waals surface area contributed by atoms with Gasteiger partial charge in [-0.05, 0) is 11.6 Å². The first-order valence-corrected chi connectivity index (χ1v) is 6.17. The predicted octanol–water partition coefficient (Wildman–Crippen LogP) is 4.51. The zero-order valence-electron chi connectivity index (χ0n) is 10.4. The van der Waals surface area contributed by atoms with Crippen LogP contribution in [0.5, 0.6) is 0 Å². The van der Waals surface area contributed by atoms with E-state index in [9.17, 15) is 0 Å². The van der Waals surface area contributed by atoms with Crippen molar-refractivity contribution in [2.24, 2.45) is 0 Å². The first-order valence-electron chi connectivity index (χ1n) is 6.17. The summed E-state index contributed by atoms with van der Waals surface area (Å²) in [4.78, 5) is 0. The molecule has 0 amide bonds. The molecule has 0 spiro atoms. The summed E-state index contributed by atoms with van der Waals surface area (Å²) < 4.78 is 5.30. The van der Waals surface area contributed by atoms with Gasteiger partial charge in [0.25, 0.3) is 0 Å². The molecule has 0 atom stereocenters. The third-order valence-electron chi connectivity index (χ3n) is 2.84.